The topological polar surface area (TPSA) is 45.2 Å². The molecule has 0 aliphatic carbocycles. The number of halogens is 2. The van der Waals surface area contributed by atoms with Gasteiger partial charge in [-0.05, 0) is 14.0 Å². The largest absolute Gasteiger partial charge is 0.340 e. The number of hydrogen-bond acceptors (Lipinski definition) is 4. The summed E-state index contributed by atoms with van der Waals surface area (Å²) in [5, 5.41) is 3.02. The van der Waals surface area contributed by atoms with Crippen LogP contribution in [0.2, 0.25) is 0 Å². The first kappa shape index (κ1) is 20.0. The molecule has 1 unspecified atom stereocenters. The Balaban J connectivity index is 0. The van der Waals surface area contributed by atoms with Gasteiger partial charge in [0.2, 0.25) is 5.91 Å². The lowest BCUT2D eigenvalue weighted by Crippen LogP contribution is -2.35. The van der Waals surface area contributed by atoms with Crippen molar-refractivity contribution < 1.29 is 4.79 Å². The molecule has 4 nitrogen and oxygen atoms in total. The zero-order valence-corrected chi connectivity index (χ0v) is 13.5. The first-order chi connectivity index (χ1) is 7.56. The summed E-state index contributed by atoms with van der Waals surface area (Å²) in [6, 6.07) is 0. The van der Waals surface area contributed by atoms with Gasteiger partial charge in [-0.2, -0.15) is 0 Å². The van der Waals surface area contributed by atoms with E-state index < -0.39 is 0 Å². The zero-order chi connectivity index (χ0) is 12.1. The van der Waals surface area contributed by atoms with Crippen molar-refractivity contribution in [2.45, 2.75) is 20.4 Å². The van der Waals surface area contributed by atoms with Crippen molar-refractivity contribution in [3.63, 3.8) is 0 Å². The van der Waals surface area contributed by atoms with Crippen LogP contribution in [0.15, 0.2) is 5.51 Å². The van der Waals surface area contributed by atoms with Crippen LogP contribution < -0.4 is 5.32 Å². The van der Waals surface area contributed by atoms with Gasteiger partial charge in [0, 0.05) is 24.4 Å². The third-order valence-electron chi connectivity index (χ3n) is 2.53. The van der Waals surface area contributed by atoms with E-state index in [1.165, 1.54) is 0 Å². The van der Waals surface area contributed by atoms with E-state index in [1.54, 1.807) is 16.2 Å². The van der Waals surface area contributed by atoms with Crippen LogP contribution in [0.25, 0.3) is 0 Å². The minimum atomic E-state index is 0. The average molecular weight is 314 g/mol. The van der Waals surface area contributed by atoms with Gasteiger partial charge in [-0.15, -0.1) is 36.2 Å². The molecule has 0 spiro atoms. The molecule has 1 aromatic rings. The first-order valence-electron chi connectivity index (χ1n) is 5.34. The maximum atomic E-state index is 11.9. The Morgan fingerprint density at radius 3 is 2.61 bits per heavy atom. The lowest BCUT2D eigenvalue weighted by atomic mass is 10.1. The lowest BCUT2D eigenvalue weighted by Gasteiger charge is -2.20. The summed E-state index contributed by atoms with van der Waals surface area (Å²) in [5.41, 5.74) is 2.84. The Hall–Kier alpha value is -0.360. The van der Waals surface area contributed by atoms with E-state index in [4.69, 9.17) is 0 Å². The van der Waals surface area contributed by atoms with Crippen LogP contribution in [0, 0.1) is 12.8 Å². The molecule has 1 heterocycles. The molecule has 0 saturated carbocycles. The van der Waals surface area contributed by atoms with Crippen molar-refractivity contribution in [2.24, 2.45) is 5.92 Å². The summed E-state index contributed by atoms with van der Waals surface area (Å²) < 4.78 is 0. The van der Waals surface area contributed by atoms with Crippen molar-refractivity contribution in [3.8, 4) is 0 Å². The van der Waals surface area contributed by atoms with Crippen molar-refractivity contribution in [3.05, 3.63) is 16.1 Å². The Labute approximate surface area is 125 Å². The smallest absolute Gasteiger partial charge is 0.226 e. The lowest BCUT2D eigenvalue weighted by molar-refractivity contribution is -0.134. The number of rotatable bonds is 5. The maximum absolute atomic E-state index is 11.9. The minimum Gasteiger partial charge on any atom is -0.340 e. The van der Waals surface area contributed by atoms with Crippen LogP contribution in [-0.2, 0) is 11.3 Å². The predicted octanol–water partition coefficient (Wildman–Crippen LogP) is 2.11. The Bertz CT molecular complexity index is 360. The number of aromatic nitrogens is 1. The molecule has 7 heteroatoms. The molecule has 1 atom stereocenters. The van der Waals surface area contributed by atoms with E-state index in [0.717, 1.165) is 10.6 Å². The molecule has 1 amide bonds. The Kier molecular flexibility index (Phi) is 10.6. The van der Waals surface area contributed by atoms with Crippen LogP contribution >= 0.6 is 36.2 Å². The van der Waals surface area contributed by atoms with Gasteiger partial charge in [-0.25, -0.2) is 4.98 Å². The number of amides is 1. The number of carbonyl (C=O) groups excluding carboxylic acids is 1. The summed E-state index contributed by atoms with van der Waals surface area (Å²) in [6.07, 6.45) is 0. The van der Waals surface area contributed by atoms with E-state index in [-0.39, 0.29) is 36.6 Å². The maximum Gasteiger partial charge on any atom is 0.226 e. The third kappa shape index (κ3) is 5.52. The molecule has 0 aliphatic heterocycles. The summed E-state index contributed by atoms with van der Waals surface area (Å²) in [6.45, 7) is 5.28. The van der Waals surface area contributed by atoms with Gasteiger partial charge in [-0.1, -0.05) is 6.92 Å². The fourth-order valence-electron chi connectivity index (χ4n) is 1.54. The van der Waals surface area contributed by atoms with Crippen LogP contribution in [0.4, 0.5) is 0 Å². The number of nitrogens with one attached hydrogen (secondary N) is 1. The van der Waals surface area contributed by atoms with Crippen LogP contribution in [0.1, 0.15) is 17.5 Å². The number of carbonyl (C=O) groups is 1. The van der Waals surface area contributed by atoms with Gasteiger partial charge < -0.3 is 10.2 Å². The van der Waals surface area contributed by atoms with Crippen LogP contribution in [-0.4, -0.2) is 36.4 Å². The number of hydrogen-bond donors (Lipinski definition) is 1. The quantitative estimate of drug-likeness (QED) is 0.905. The zero-order valence-electron chi connectivity index (χ0n) is 11.1. The van der Waals surface area contributed by atoms with Gasteiger partial charge in [0.15, 0.2) is 0 Å². The van der Waals surface area contributed by atoms with Crippen molar-refractivity contribution in [1.82, 2.24) is 15.2 Å². The molecule has 0 saturated heterocycles. The molecule has 1 rings (SSSR count). The standard InChI is InChI=1S/C11H19N3OS.2ClH/c1-8(5-12-3)11(15)14(4)6-10-9(2)13-7-16-10;;/h7-8,12H,5-6H2,1-4H3;2*1H. The van der Waals surface area contributed by atoms with E-state index in [2.05, 4.69) is 10.3 Å². The second-order valence-electron chi connectivity index (χ2n) is 4.01. The van der Waals surface area contributed by atoms with Crippen molar-refractivity contribution in [2.75, 3.05) is 20.6 Å². The van der Waals surface area contributed by atoms with Gasteiger partial charge in [0.05, 0.1) is 17.7 Å². The number of thiazole rings is 1. The SMILES string of the molecule is CNCC(C)C(=O)N(C)Cc1scnc1C.Cl.Cl. The highest BCUT2D eigenvalue weighted by atomic mass is 35.5. The Morgan fingerprint density at radius 1 is 1.56 bits per heavy atom. The fourth-order valence-corrected chi connectivity index (χ4v) is 2.37. The van der Waals surface area contributed by atoms with Gasteiger partial charge in [0.25, 0.3) is 0 Å². The van der Waals surface area contributed by atoms with E-state index >= 15 is 0 Å². The van der Waals surface area contributed by atoms with Gasteiger partial charge in [-0.3, -0.25) is 4.79 Å². The van der Waals surface area contributed by atoms with Crippen molar-refractivity contribution in [1.29, 1.82) is 0 Å². The van der Waals surface area contributed by atoms with Crippen LogP contribution in [0.5, 0.6) is 0 Å². The predicted molar refractivity (Wildman–Crippen MR) is 80.9 cm³/mol. The first-order valence-corrected chi connectivity index (χ1v) is 6.22. The molecule has 18 heavy (non-hydrogen) atoms. The highest BCUT2D eigenvalue weighted by Gasteiger charge is 2.17. The molecular formula is C11H21Cl2N3OS. The summed E-state index contributed by atoms with van der Waals surface area (Å²) >= 11 is 1.60. The van der Waals surface area contributed by atoms with Gasteiger partial charge >= 0.3 is 0 Å². The molecule has 106 valence electrons. The average Bonchev–Trinajstić information content (AvgIpc) is 2.63. The highest BCUT2D eigenvalue weighted by molar-refractivity contribution is 7.09. The molecule has 1 aromatic heterocycles. The number of aryl methyl sites for hydroxylation is 1. The number of nitrogens with zero attached hydrogens (tertiary/aromatic N) is 2. The van der Waals surface area contributed by atoms with Gasteiger partial charge in [0.1, 0.15) is 0 Å². The van der Waals surface area contributed by atoms with Crippen molar-refractivity contribution >= 4 is 42.1 Å². The van der Waals surface area contributed by atoms with Crippen LogP contribution in [0.3, 0.4) is 0 Å². The monoisotopic (exact) mass is 313 g/mol. The summed E-state index contributed by atoms with van der Waals surface area (Å²) in [4.78, 5) is 19.0. The molecular weight excluding hydrogens is 293 g/mol. The second kappa shape index (κ2) is 9.55. The third-order valence-corrected chi connectivity index (χ3v) is 3.45. The minimum absolute atomic E-state index is 0. The molecule has 0 fully saturated rings. The molecule has 0 aliphatic rings. The molecule has 1 N–H and O–H groups in total. The summed E-state index contributed by atoms with van der Waals surface area (Å²) in [5.74, 6) is 0.186. The van der Waals surface area contributed by atoms with E-state index in [9.17, 15) is 4.79 Å². The fraction of sp³-hybridized carbons (Fsp3) is 0.636. The normalized spacial score (nSPS) is 11.1. The highest BCUT2D eigenvalue weighted by Crippen LogP contribution is 2.15. The molecule has 0 aromatic carbocycles. The Morgan fingerprint density at radius 2 is 2.17 bits per heavy atom. The molecule has 0 bridgehead atoms. The van der Waals surface area contributed by atoms with E-state index in [1.807, 2.05) is 33.5 Å². The second-order valence-corrected chi connectivity index (χ2v) is 4.95. The van der Waals surface area contributed by atoms with E-state index in [0.29, 0.717) is 13.1 Å². The molecule has 0 radical (unpaired) electrons. The summed E-state index contributed by atoms with van der Waals surface area (Å²) in [7, 11) is 3.70.